The van der Waals surface area contributed by atoms with Crippen molar-refractivity contribution in [2.24, 2.45) is 5.10 Å². The third-order valence-electron chi connectivity index (χ3n) is 6.36. The number of hydrazone groups is 1. The molecular weight excluding hydrogens is 562 g/mol. The number of amides is 2. The Bertz CT molecular complexity index is 1460. The first kappa shape index (κ1) is 25.0. The third kappa shape index (κ3) is 4.60. The van der Waals surface area contributed by atoms with Crippen LogP contribution in [0, 0.1) is 0 Å². The van der Waals surface area contributed by atoms with Crippen LogP contribution in [0.15, 0.2) is 70.2 Å². The van der Waals surface area contributed by atoms with Crippen LogP contribution in [0.1, 0.15) is 33.9 Å². The number of hydrogen-bond acceptors (Lipinski definition) is 6. The van der Waals surface area contributed by atoms with Gasteiger partial charge in [0.25, 0.3) is 17.6 Å². The number of anilines is 1. The topological polar surface area (TPSA) is 88.5 Å². The lowest BCUT2D eigenvalue weighted by Gasteiger charge is -2.25. The third-order valence-corrected chi connectivity index (χ3v) is 7.13. The lowest BCUT2D eigenvalue weighted by Crippen LogP contribution is -2.40. The van der Waals surface area contributed by atoms with Gasteiger partial charge in [-0.15, -0.1) is 0 Å². The van der Waals surface area contributed by atoms with Crippen molar-refractivity contribution in [1.82, 2.24) is 5.01 Å². The van der Waals surface area contributed by atoms with Gasteiger partial charge in [0, 0.05) is 15.9 Å². The summed E-state index contributed by atoms with van der Waals surface area (Å²) in [7, 11) is 3.10. The molecule has 0 bridgehead atoms. The normalized spacial score (nSPS) is 16.6. The second-order valence-electron chi connectivity index (χ2n) is 8.51. The number of rotatable bonds is 6. The molecule has 0 spiro atoms. The minimum atomic E-state index is -0.774. The number of fused-ring (bicyclic) bond motifs is 1. The SMILES string of the molecule is COc1ccc(C2CC(c3ccc(Br)cc3)=NN2C(=O)CN2C(=O)C(=O)c3cc(Cl)ccc32)cc1OC. The highest BCUT2D eigenvalue weighted by Gasteiger charge is 2.40. The fourth-order valence-corrected chi connectivity index (χ4v) is 4.95. The average Bonchev–Trinajstić information content (AvgIpc) is 3.45. The van der Waals surface area contributed by atoms with Gasteiger partial charge in [-0.05, 0) is 53.6 Å². The Balaban J connectivity index is 1.50. The number of ketones is 1. The van der Waals surface area contributed by atoms with E-state index < -0.39 is 23.6 Å². The van der Waals surface area contributed by atoms with Crippen molar-refractivity contribution in [2.45, 2.75) is 12.5 Å². The van der Waals surface area contributed by atoms with Gasteiger partial charge >= 0.3 is 0 Å². The first-order valence-corrected chi connectivity index (χ1v) is 12.5. The van der Waals surface area contributed by atoms with E-state index in [0.717, 1.165) is 21.3 Å². The highest BCUT2D eigenvalue weighted by atomic mass is 79.9. The summed E-state index contributed by atoms with van der Waals surface area (Å²) in [5, 5.41) is 6.39. The van der Waals surface area contributed by atoms with Crippen LogP contribution in [0.5, 0.6) is 11.5 Å². The first-order valence-electron chi connectivity index (χ1n) is 11.3. The molecule has 0 aromatic heterocycles. The van der Waals surface area contributed by atoms with E-state index in [4.69, 9.17) is 21.1 Å². The number of halogens is 2. The molecule has 3 aromatic rings. The van der Waals surface area contributed by atoms with Crippen LogP contribution >= 0.6 is 27.5 Å². The molecule has 188 valence electrons. The molecule has 10 heteroatoms. The number of benzene rings is 3. The molecule has 37 heavy (non-hydrogen) atoms. The van der Waals surface area contributed by atoms with Gasteiger partial charge in [-0.1, -0.05) is 45.7 Å². The largest absolute Gasteiger partial charge is 0.493 e. The average molecular weight is 583 g/mol. The Morgan fingerprint density at radius 2 is 1.76 bits per heavy atom. The Labute approximate surface area is 226 Å². The standard InChI is InChI=1S/C27H21BrClN3O5/c1-36-23-10-5-16(11-24(23)37-2)22-13-20(15-3-6-17(28)7-4-15)30-32(22)25(33)14-31-21-9-8-18(29)12-19(21)26(34)27(31)35/h3-12,22H,13-14H2,1-2H3. The van der Waals surface area contributed by atoms with E-state index in [1.807, 2.05) is 36.4 Å². The molecule has 0 saturated heterocycles. The van der Waals surface area contributed by atoms with E-state index in [9.17, 15) is 14.4 Å². The highest BCUT2D eigenvalue weighted by molar-refractivity contribution is 9.10. The molecule has 5 rings (SSSR count). The molecule has 2 heterocycles. The number of nitrogens with zero attached hydrogens (tertiary/aromatic N) is 3. The second kappa shape index (κ2) is 9.99. The van der Waals surface area contributed by atoms with Crippen molar-refractivity contribution in [1.29, 1.82) is 0 Å². The molecule has 2 aliphatic heterocycles. The van der Waals surface area contributed by atoms with Crippen LogP contribution in [0.4, 0.5) is 5.69 Å². The maximum absolute atomic E-state index is 13.6. The molecule has 0 saturated carbocycles. The molecule has 3 aromatic carbocycles. The van der Waals surface area contributed by atoms with E-state index in [2.05, 4.69) is 21.0 Å². The van der Waals surface area contributed by atoms with Gasteiger partial charge in [0.2, 0.25) is 0 Å². The Morgan fingerprint density at radius 3 is 2.46 bits per heavy atom. The van der Waals surface area contributed by atoms with Gasteiger partial charge < -0.3 is 9.47 Å². The van der Waals surface area contributed by atoms with Gasteiger partial charge in [0.15, 0.2) is 11.5 Å². The maximum Gasteiger partial charge on any atom is 0.299 e. The lowest BCUT2D eigenvalue weighted by atomic mass is 9.98. The van der Waals surface area contributed by atoms with Crippen molar-refractivity contribution in [3.63, 3.8) is 0 Å². The fourth-order valence-electron chi connectivity index (χ4n) is 4.51. The van der Waals surface area contributed by atoms with Crippen LogP contribution in [0.2, 0.25) is 5.02 Å². The smallest absolute Gasteiger partial charge is 0.299 e. The summed E-state index contributed by atoms with van der Waals surface area (Å²) in [5.74, 6) is -0.814. The minimum Gasteiger partial charge on any atom is -0.493 e. The fraction of sp³-hybridized carbons (Fsp3) is 0.185. The Kier molecular flexibility index (Phi) is 6.74. The molecular formula is C27H21BrClN3O5. The first-order chi connectivity index (χ1) is 17.8. The summed E-state index contributed by atoms with van der Waals surface area (Å²) < 4.78 is 11.8. The highest BCUT2D eigenvalue weighted by Crippen LogP contribution is 2.38. The quantitative estimate of drug-likeness (QED) is 0.381. The molecule has 8 nitrogen and oxygen atoms in total. The van der Waals surface area contributed by atoms with E-state index in [0.29, 0.717) is 28.6 Å². The van der Waals surface area contributed by atoms with E-state index in [-0.39, 0.29) is 12.1 Å². The number of ether oxygens (including phenoxy) is 2. The molecule has 2 amide bonds. The monoisotopic (exact) mass is 581 g/mol. The lowest BCUT2D eigenvalue weighted by molar-refractivity contribution is -0.132. The Morgan fingerprint density at radius 1 is 1.03 bits per heavy atom. The van der Waals surface area contributed by atoms with Crippen molar-refractivity contribution in [3.8, 4) is 11.5 Å². The zero-order chi connectivity index (χ0) is 26.3. The van der Waals surface area contributed by atoms with Gasteiger partial charge in [-0.25, -0.2) is 5.01 Å². The zero-order valence-electron chi connectivity index (χ0n) is 19.9. The van der Waals surface area contributed by atoms with Crippen LogP contribution in [-0.4, -0.2) is 49.1 Å². The second-order valence-corrected chi connectivity index (χ2v) is 9.86. The Hall–Kier alpha value is -3.69. The molecule has 1 atom stereocenters. The van der Waals surface area contributed by atoms with E-state index in [1.165, 1.54) is 16.0 Å². The number of Topliss-reactive ketones (excluding diaryl/α,β-unsaturated/α-hetero) is 1. The van der Waals surface area contributed by atoms with Crippen LogP contribution in [0.3, 0.4) is 0 Å². The van der Waals surface area contributed by atoms with Gasteiger partial charge in [0.05, 0.1) is 37.2 Å². The van der Waals surface area contributed by atoms with Crippen molar-refractivity contribution >= 4 is 56.5 Å². The summed E-state index contributed by atoms with van der Waals surface area (Å²) in [6.45, 7) is -0.347. The molecule has 1 unspecified atom stereocenters. The van der Waals surface area contributed by atoms with Crippen LogP contribution in [-0.2, 0) is 9.59 Å². The molecule has 2 aliphatic rings. The van der Waals surface area contributed by atoms with Crippen molar-refractivity contribution < 1.29 is 23.9 Å². The number of carbonyl (C=O) groups excluding carboxylic acids is 3. The molecule has 0 fully saturated rings. The summed E-state index contributed by atoms with van der Waals surface area (Å²) in [6.07, 6.45) is 0.446. The zero-order valence-corrected chi connectivity index (χ0v) is 22.2. The summed E-state index contributed by atoms with van der Waals surface area (Å²) in [4.78, 5) is 40.1. The molecule has 0 N–H and O–H groups in total. The van der Waals surface area contributed by atoms with Gasteiger partial charge in [0.1, 0.15) is 6.54 Å². The predicted molar refractivity (Wildman–Crippen MR) is 143 cm³/mol. The van der Waals surface area contributed by atoms with Crippen LogP contribution < -0.4 is 14.4 Å². The number of carbonyl (C=O) groups is 3. The number of hydrogen-bond donors (Lipinski definition) is 0. The van der Waals surface area contributed by atoms with Crippen molar-refractivity contribution in [2.75, 3.05) is 25.7 Å². The predicted octanol–water partition coefficient (Wildman–Crippen LogP) is 5.03. The van der Waals surface area contributed by atoms with E-state index >= 15 is 0 Å². The van der Waals surface area contributed by atoms with Gasteiger partial charge in [-0.3, -0.25) is 19.3 Å². The summed E-state index contributed by atoms with van der Waals surface area (Å²) in [5.41, 5.74) is 2.92. The van der Waals surface area contributed by atoms with Crippen LogP contribution in [0.25, 0.3) is 0 Å². The molecule has 0 radical (unpaired) electrons. The van der Waals surface area contributed by atoms with Crippen molar-refractivity contribution in [3.05, 3.63) is 86.8 Å². The maximum atomic E-state index is 13.6. The minimum absolute atomic E-state index is 0.183. The summed E-state index contributed by atoms with van der Waals surface area (Å²) >= 11 is 9.45. The summed E-state index contributed by atoms with van der Waals surface area (Å²) in [6, 6.07) is 17.2. The van der Waals surface area contributed by atoms with Gasteiger partial charge in [-0.2, -0.15) is 5.10 Å². The van der Waals surface area contributed by atoms with E-state index in [1.54, 1.807) is 32.4 Å². The number of methoxy groups -OCH3 is 2. The molecule has 0 aliphatic carbocycles.